The average Bonchev–Trinajstić information content (AvgIpc) is 2.79. The number of aromatic nitrogens is 1. The number of nitrogens with zero attached hydrogens (tertiary/aromatic N) is 2. The molecular weight excluding hydrogens is 471 g/mol. The van der Waals surface area contributed by atoms with E-state index in [4.69, 9.17) is 11.6 Å². The standard InChI is InChI=1S/C24H21ClF3N3O3/c1-2-30(23(34)24(26,27)28)13-16-6-5-8-19(12-16)29-22(33)18-10-11-21(32)31(15-18)14-17-7-3-4-9-20(17)25/h3-12,15H,2,13-14H2,1H3,(H,29,33). The third-order valence-electron chi connectivity index (χ3n) is 5.01. The first-order valence-electron chi connectivity index (χ1n) is 10.3. The first kappa shape index (κ1) is 25.0. The van der Waals surface area contributed by atoms with Gasteiger partial charge in [0.05, 0.1) is 12.1 Å². The summed E-state index contributed by atoms with van der Waals surface area (Å²) in [4.78, 5) is 37.2. The van der Waals surface area contributed by atoms with Gasteiger partial charge in [-0.05, 0) is 42.3 Å². The summed E-state index contributed by atoms with van der Waals surface area (Å²) in [5.74, 6) is -2.44. The van der Waals surface area contributed by atoms with Gasteiger partial charge in [-0.15, -0.1) is 0 Å². The van der Waals surface area contributed by atoms with Crippen LogP contribution in [0.1, 0.15) is 28.4 Å². The highest BCUT2D eigenvalue weighted by molar-refractivity contribution is 6.31. The second-order valence-corrected chi connectivity index (χ2v) is 7.85. The highest BCUT2D eigenvalue weighted by atomic mass is 35.5. The molecule has 0 atom stereocenters. The number of nitrogens with one attached hydrogen (secondary N) is 1. The summed E-state index contributed by atoms with van der Waals surface area (Å²) in [7, 11) is 0. The second kappa shape index (κ2) is 10.6. The number of pyridine rings is 1. The Morgan fingerprint density at radius 2 is 1.79 bits per heavy atom. The third-order valence-corrected chi connectivity index (χ3v) is 5.38. The number of benzene rings is 2. The van der Waals surface area contributed by atoms with Crippen molar-refractivity contribution in [3.63, 3.8) is 0 Å². The number of rotatable bonds is 7. The summed E-state index contributed by atoms with van der Waals surface area (Å²) in [6.45, 7) is 1.24. The smallest absolute Gasteiger partial charge is 0.331 e. The maximum atomic E-state index is 12.8. The van der Waals surface area contributed by atoms with Gasteiger partial charge < -0.3 is 14.8 Å². The molecule has 0 radical (unpaired) electrons. The first-order valence-corrected chi connectivity index (χ1v) is 10.7. The quantitative estimate of drug-likeness (QED) is 0.520. The van der Waals surface area contributed by atoms with Gasteiger partial charge in [-0.2, -0.15) is 13.2 Å². The van der Waals surface area contributed by atoms with Crippen LogP contribution in [0.5, 0.6) is 0 Å². The fourth-order valence-corrected chi connectivity index (χ4v) is 3.47. The topological polar surface area (TPSA) is 71.4 Å². The molecule has 0 saturated carbocycles. The fourth-order valence-electron chi connectivity index (χ4n) is 3.28. The van der Waals surface area contributed by atoms with Crippen molar-refractivity contribution in [1.29, 1.82) is 0 Å². The molecule has 0 saturated heterocycles. The van der Waals surface area contributed by atoms with E-state index in [0.29, 0.717) is 26.7 Å². The van der Waals surface area contributed by atoms with E-state index >= 15 is 0 Å². The Morgan fingerprint density at radius 1 is 1.06 bits per heavy atom. The van der Waals surface area contributed by atoms with Crippen molar-refractivity contribution in [3.8, 4) is 0 Å². The molecule has 2 amide bonds. The molecule has 178 valence electrons. The number of anilines is 1. The van der Waals surface area contributed by atoms with Gasteiger partial charge in [-0.1, -0.05) is 41.9 Å². The minimum absolute atomic E-state index is 0.123. The van der Waals surface area contributed by atoms with Gasteiger partial charge in [0.2, 0.25) is 0 Å². The molecular formula is C24H21ClF3N3O3. The molecule has 2 aromatic carbocycles. The summed E-state index contributed by atoms with van der Waals surface area (Å²) >= 11 is 6.16. The summed E-state index contributed by atoms with van der Waals surface area (Å²) in [6, 6.07) is 15.9. The molecule has 0 aliphatic carbocycles. The number of halogens is 4. The molecule has 1 aromatic heterocycles. The van der Waals surface area contributed by atoms with E-state index in [1.807, 2.05) is 0 Å². The molecule has 1 N–H and O–H groups in total. The van der Waals surface area contributed by atoms with Crippen LogP contribution in [0.3, 0.4) is 0 Å². The van der Waals surface area contributed by atoms with E-state index in [2.05, 4.69) is 5.32 Å². The maximum Gasteiger partial charge on any atom is 0.471 e. The van der Waals surface area contributed by atoms with Crippen molar-refractivity contribution in [3.05, 3.63) is 98.9 Å². The number of amides is 2. The number of carbonyl (C=O) groups is 2. The zero-order chi connectivity index (χ0) is 24.9. The van der Waals surface area contributed by atoms with Crippen LogP contribution in [0.4, 0.5) is 18.9 Å². The molecule has 0 unspecified atom stereocenters. The zero-order valence-corrected chi connectivity index (χ0v) is 18.9. The maximum absolute atomic E-state index is 12.8. The Kier molecular flexibility index (Phi) is 7.78. The van der Waals surface area contributed by atoms with Crippen molar-refractivity contribution in [2.24, 2.45) is 0 Å². The Balaban J connectivity index is 1.75. The highest BCUT2D eigenvalue weighted by Crippen LogP contribution is 2.21. The van der Waals surface area contributed by atoms with E-state index in [0.717, 1.165) is 0 Å². The van der Waals surface area contributed by atoms with E-state index in [1.165, 1.54) is 35.9 Å². The fraction of sp³-hybridized carbons (Fsp3) is 0.208. The number of carbonyl (C=O) groups excluding carboxylic acids is 2. The van der Waals surface area contributed by atoms with Crippen LogP contribution in [0.2, 0.25) is 5.02 Å². The summed E-state index contributed by atoms with van der Waals surface area (Å²) in [5.41, 5.74) is 1.36. The SMILES string of the molecule is CCN(Cc1cccc(NC(=O)c2ccc(=O)n(Cc3ccccc3Cl)c2)c1)C(=O)C(F)(F)F. The van der Waals surface area contributed by atoms with E-state index in [9.17, 15) is 27.6 Å². The predicted octanol–water partition coefficient (Wildman–Crippen LogP) is 4.71. The van der Waals surface area contributed by atoms with Crippen molar-refractivity contribution in [2.45, 2.75) is 26.2 Å². The Bertz CT molecular complexity index is 1260. The van der Waals surface area contributed by atoms with Crippen LogP contribution in [-0.2, 0) is 17.9 Å². The first-order chi connectivity index (χ1) is 16.1. The van der Waals surface area contributed by atoms with Gasteiger partial charge in [0.1, 0.15) is 0 Å². The minimum atomic E-state index is -4.96. The molecule has 3 rings (SSSR count). The normalized spacial score (nSPS) is 11.2. The van der Waals surface area contributed by atoms with E-state index < -0.39 is 18.0 Å². The summed E-state index contributed by atoms with van der Waals surface area (Å²) in [5, 5.41) is 3.16. The van der Waals surface area contributed by atoms with Gasteiger partial charge in [-0.25, -0.2) is 0 Å². The molecule has 1 heterocycles. The van der Waals surface area contributed by atoms with Gasteiger partial charge in [0, 0.05) is 36.1 Å². The lowest BCUT2D eigenvalue weighted by Crippen LogP contribution is -2.40. The average molecular weight is 492 g/mol. The molecule has 0 fully saturated rings. The second-order valence-electron chi connectivity index (χ2n) is 7.45. The largest absolute Gasteiger partial charge is 0.471 e. The molecule has 6 nitrogen and oxygen atoms in total. The van der Waals surface area contributed by atoms with Crippen molar-refractivity contribution in [2.75, 3.05) is 11.9 Å². The van der Waals surface area contributed by atoms with Crippen molar-refractivity contribution >= 4 is 29.1 Å². The molecule has 0 aliphatic rings. The van der Waals surface area contributed by atoms with Gasteiger partial charge in [0.25, 0.3) is 11.5 Å². The van der Waals surface area contributed by atoms with E-state index in [-0.39, 0.29) is 30.8 Å². The van der Waals surface area contributed by atoms with Gasteiger partial charge in [-0.3, -0.25) is 14.4 Å². The Hall–Kier alpha value is -3.59. The lowest BCUT2D eigenvalue weighted by atomic mass is 10.1. The lowest BCUT2D eigenvalue weighted by molar-refractivity contribution is -0.185. The van der Waals surface area contributed by atoms with Crippen LogP contribution in [0.25, 0.3) is 0 Å². The molecule has 0 aliphatic heterocycles. The van der Waals surface area contributed by atoms with Crippen LogP contribution in [-0.4, -0.2) is 34.0 Å². The van der Waals surface area contributed by atoms with Crippen LogP contribution in [0.15, 0.2) is 71.7 Å². The molecule has 10 heteroatoms. The van der Waals surface area contributed by atoms with Crippen LogP contribution < -0.4 is 10.9 Å². The molecule has 0 spiro atoms. The van der Waals surface area contributed by atoms with Crippen LogP contribution in [0, 0.1) is 0 Å². The predicted molar refractivity (Wildman–Crippen MR) is 123 cm³/mol. The monoisotopic (exact) mass is 491 g/mol. The highest BCUT2D eigenvalue weighted by Gasteiger charge is 2.41. The Labute approximate surface area is 198 Å². The van der Waals surface area contributed by atoms with E-state index in [1.54, 1.807) is 42.5 Å². The number of hydrogen-bond donors (Lipinski definition) is 1. The van der Waals surface area contributed by atoms with Gasteiger partial charge in [0.15, 0.2) is 0 Å². The molecule has 0 bridgehead atoms. The zero-order valence-electron chi connectivity index (χ0n) is 18.1. The summed E-state index contributed by atoms with van der Waals surface area (Å²) in [6.07, 6.45) is -3.55. The van der Waals surface area contributed by atoms with Crippen LogP contribution >= 0.6 is 11.6 Å². The number of hydrogen-bond acceptors (Lipinski definition) is 3. The van der Waals surface area contributed by atoms with Crippen molar-refractivity contribution < 1.29 is 22.8 Å². The third kappa shape index (κ3) is 6.26. The van der Waals surface area contributed by atoms with Crippen molar-refractivity contribution in [1.82, 2.24) is 9.47 Å². The molecule has 3 aromatic rings. The lowest BCUT2D eigenvalue weighted by Gasteiger charge is -2.22. The number of alkyl halides is 3. The Morgan fingerprint density at radius 3 is 2.47 bits per heavy atom. The summed E-state index contributed by atoms with van der Waals surface area (Å²) < 4.78 is 39.7. The van der Waals surface area contributed by atoms with Gasteiger partial charge >= 0.3 is 12.1 Å². The molecule has 34 heavy (non-hydrogen) atoms. The minimum Gasteiger partial charge on any atom is -0.331 e.